The predicted octanol–water partition coefficient (Wildman–Crippen LogP) is 4.51. The summed E-state index contributed by atoms with van der Waals surface area (Å²) in [5.74, 6) is -2.27. The molecular weight excluding hydrogens is 432 g/mol. The third kappa shape index (κ3) is 26.4. The Morgan fingerprint density at radius 1 is 0.485 bits per heavy atom. The second-order valence-electron chi connectivity index (χ2n) is 8.32. The van der Waals surface area contributed by atoms with Crippen molar-refractivity contribution >= 4 is 17.9 Å². The molecule has 0 aromatic carbocycles. The first kappa shape index (κ1) is 31.3. The van der Waals surface area contributed by atoms with E-state index < -0.39 is 17.9 Å². The number of unbranched alkanes of at least 4 members (excludes halogenated alkanes) is 9. The van der Waals surface area contributed by atoms with Gasteiger partial charge in [0.1, 0.15) is 6.10 Å². The van der Waals surface area contributed by atoms with E-state index in [0.29, 0.717) is 52.3 Å². The van der Waals surface area contributed by atoms with Crippen LogP contribution in [-0.2, 0) is 28.6 Å². The molecule has 0 atom stereocenters. The van der Waals surface area contributed by atoms with E-state index in [2.05, 4.69) is 0 Å². The van der Waals surface area contributed by atoms with Gasteiger partial charge in [-0.25, -0.2) is 0 Å². The van der Waals surface area contributed by atoms with E-state index in [1.54, 1.807) is 0 Å². The van der Waals surface area contributed by atoms with Gasteiger partial charge in [0.25, 0.3) is 0 Å². The Labute approximate surface area is 197 Å². The highest BCUT2D eigenvalue weighted by Crippen LogP contribution is 2.08. The first-order valence-electron chi connectivity index (χ1n) is 12.3. The number of carboxylic acids is 3. The highest BCUT2D eigenvalue weighted by molar-refractivity contribution is 5.67. The summed E-state index contributed by atoms with van der Waals surface area (Å²) in [6.07, 6.45) is 10.6. The third-order valence-electron chi connectivity index (χ3n) is 5.10. The molecule has 9 heteroatoms. The Hall–Kier alpha value is -1.71. The van der Waals surface area contributed by atoms with Gasteiger partial charge in [0.2, 0.25) is 0 Å². The molecule has 0 saturated heterocycles. The van der Waals surface area contributed by atoms with E-state index in [0.717, 1.165) is 57.8 Å². The molecule has 0 amide bonds. The van der Waals surface area contributed by atoms with Crippen LogP contribution in [0.15, 0.2) is 0 Å². The molecule has 0 aliphatic heterocycles. The summed E-state index contributed by atoms with van der Waals surface area (Å²) in [6.45, 7) is 2.66. The summed E-state index contributed by atoms with van der Waals surface area (Å²) in [4.78, 5) is 31.5. The van der Waals surface area contributed by atoms with Crippen LogP contribution in [0.3, 0.4) is 0 Å². The zero-order chi connectivity index (χ0) is 24.6. The average Bonchev–Trinajstić information content (AvgIpc) is 2.75. The molecule has 0 saturated carbocycles. The summed E-state index contributed by atoms with van der Waals surface area (Å²) in [6, 6.07) is 0. The summed E-state index contributed by atoms with van der Waals surface area (Å²) in [5, 5.41) is 25.9. The van der Waals surface area contributed by atoms with Gasteiger partial charge in [-0.2, -0.15) is 0 Å². The molecule has 0 radical (unpaired) electrons. The van der Waals surface area contributed by atoms with Crippen LogP contribution in [0.2, 0.25) is 0 Å². The van der Waals surface area contributed by atoms with Gasteiger partial charge >= 0.3 is 17.9 Å². The van der Waals surface area contributed by atoms with Gasteiger partial charge in [-0.05, 0) is 38.5 Å². The Morgan fingerprint density at radius 3 is 1.18 bits per heavy atom. The molecule has 0 heterocycles. The summed E-state index contributed by atoms with van der Waals surface area (Å²) in [5.41, 5.74) is 0. The maximum Gasteiger partial charge on any atom is 0.303 e. The second-order valence-corrected chi connectivity index (χ2v) is 8.32. The predicted molar refractivity (Wildman–Crippen MR) is 124 cm³/mol. The van der Waals surface area contributed by atoms with Gasteiger partial charge in [0.05, 0.1) is 13.2 Å². The molecule has 194 valence electrons. The Balaban J connectivity index is 3.93. The summed E-state index contributed by atoms with van der Waals surface area (Å²) in [7, 11) is 0. The van der Waals surface area contributed by atoms with E-state index in [9.17, 15) is 14.4 Å². The van der Waals surface area contributed by atoms with E-state index in [4.69, 9.17) is 29.5 Å². The van der Waals surface area contributed by atoms with Gasteiger partial charge in [-0.15, -0.1) is 0 Å². The first-order valence-corrected chi connectivity index (χ1v) is 12.3. The molecule has 9 nitrogen and oxygen atoms in total. The Morgan fingerprint density at radius 2 is 0.818 bits per heavy atom. The molecular formula is C24H44O9. The van der Waals surface area contributed by atoms with Crippen molar-refractivity contribution in [2.75, 3.05) is 33.0 Å². The molecule has 0 bridgehead atoms. The van der Waals surface area contributed by atoms with Crippen LogP contribution >= 0.6 is 0 Å². The van der Waals surface area contributed by atoms with Gasteiger partial charge in [0.15, 0.2) is 0 Å². The van der Waals surface area contributed by atoms with Crippen molar-refractivity contribution in [2.45, 2.75) is 102 Å². The van der Waals surface area contributed by atoms with Gasteiger partial charge in [-0.1, -0.05) is 38.5 Å². The fourth-order valence-corrected chi connectivity index (χ4v) is 3.22. The topological polar surface area (TPSA) is 140 Å². The molecule has 0 aromatic rings. The third-order valence-corrected chi connectivity index (χ3v) is 5.10. The van der Waals surface area contributed by atoms with E-state index in [-0.39, 0.29) is 25.4 Å². The van der Waals surface area contributed by atoms with Gasteiger partial charge in [0, 0.05) is 39.1 Å². The van der Waals surface area contributed by atoms with Crippen molar-refractivity contribution in [3.05, 3.63) is 0 Å². The number of aliphatic carboxylic acids is 3. The molecule has 0 rings (SSSR count). The molecule has 0 spiro atoms. The van der Waals surface area contributed by atoms with Crippen LogP contribution in [0.5, 0.6) is 0 Å². The largest absolute Gasteiger partial charge is 0.481 e. The maximum absolute atomic E-state index is 10.5. The van der Waals surface area contributed by atoms with Gasteiger partial charge < -0.3 is 29.5 Å². The molecule has 0 aromatic heterocycles. The molecule has 33 heavy (non-hydrogen) atoms. The zero-order valence-corrected chi connectivity index (χ0v) is 20.0. The smallest absolute Gasteiger partial charge is 0.303 e. The van der Waals surface area contributed by atoms with E-state index in [1.165, 1.54) is 0 Å². The van der Waals surface area contributed by atoms with Crippen molar-refractivity contribution in [1.29, 1.82) is 0 Å². The van der Waals surface area contributed by atoms with Crippen molar-refractivity contribution in [3.8, 4) is 0 Å². The average molecular weight is 477 g/mol. The Bertz CT molecular complexity index is 466. The minimum atomic E-state index is -0.760. The number of hydrogen-bond acceptors (Lipinski definition) is 6. The number of rotatable bonds is 26. The summed E-state index contributed by atoms with van der Waals surface area (Å²) >= 11 is 0. The van der Waals surface area contributed by atoms with Crippen LogP contribution in [0.25, 0.3) is 0 Å². The molecule has 0 fully saturated rings. The van der Waals surface area contributed by atoms with Crippen LogP contribution < -0.4 is 0 Å². The van der Waals surface area contributed by atoms with Crippen molar-refractivity contribution in [3.63, 3.8) is 0 Å². The fraction of sp³-hybridized carbons (Fsp3) is 0.875. The SMILES string of the molecule is O=C(O)CCCCCCOCC(COCCCCCCC(=O)O)OCCCCCCC(=O)O. The fourth-order valence-electron chi connectivity index (χ4n) is 3.22. The Kier molecular flexibility index (Phi) is 22.2. The summed E-state index contributed by atoms with van der Waals surface area (Å²) < 4.78 is 17.4. The van der Waals surface area contributed by atoms with Crippen LogP contribution in [0, 0.1) is 0 Å². The second kappa shape index (κ2) is 23.4. The van der Waals surface area contributed by atoms with Crippen molar-refractivity contribution < 1.29 is 43.9 Å². The highest BCUT2D eigenvalue weighted by atomic mass is 16.6. The standard InChI is InChI=1S/C24H44O9/c25-22(26)13-7-1-4-10-16-31-19-21(33-18-12-6-3-9-15-24(29)30)20-32-17-11-5-2-8-14-23(27)28/h21H,1-20H2,(H,25,26)(H,27,28)(H,29,30). The number of carboxylic acid groups (broad SMARTS) is 3. The van der Waals surface area contributed by atoms with Crippen molar-refractivity contribution in [1.82, 2.24) is 0 Å². The van der Waals surface area contributed by atoms with E-state index in [1.807, 2.05) is 0 Å². The molecule has 0 unspecified atom stereocenters. The first-order chi connectivity index (χ1) is 15.9. The minimum absolute atomic E-state index is 0.164. The monoisotopic (exact) mass is 476 g/mol. The number of hydrogen-bond donors (Lipinski definition) is 3. The number of ether oxygens (including phenoxy) is 3. The van der Waals surface area contributed by atoms with Crippen LogP contribution in [0.4, 0.5) is 0 Å². The zero-order valence-electron chi connectivity index (χ0n) is 20.0. The molecule has 0 aliphatic rings. The quantitative estimate of drug-likeness (QED) is 0.154. The van der Waals surface area contributed by atoms with Gasteiger partial charge in [-0.3, -0.25) is 14.4 Å². The lowest BCUT2D eigenvalue weighted by Crippen LogP contribution is -2.27. The molecule has 0 aliphatic carbocycles. The normalized spacial score (nSPS) is 11.2. The highest BCUT2D eigenvalue weighted by Gasteiger charge is 2.10. The maximum atomic E-state index is 10.5. The van der Waals surface area contributed by atoms with Crippen molar-refractivity contribution in [2.24, 2.45) is 0 Å². The van der Waals surface area contributed by atoms with Crippen LogP contribution in [-0.4, -0.2) is 72.4 Å². The minimum Gasteiger partial charge on any atom is -0.481 e. The number of carbonyl (C=O) groups is 3. The van der Waals surface area contributed by atoms with E-state index >= 15 is 0 Å². The molecule has 3 N–H and O–H groups in total. The lowest BCUT2D eigenvalue weighted by atomic mass is 10.1. The lowest BCUT2D eigenvalue weighted by Gasteiger charge is -2.18. The lowest BCUT2D eigenvalue weighted by molar-refractivity contribution is -0.138. The van der Waals surface area contributed by atoms with Crippen LogP contribution in [0.1, 0.15) is 96.3 Å².